The second kappa shape index (κ2) is 5.12. The zero-order chi connectivity index (χ0) is 12.3. The Kier molecular flexibility index (Phi) is 4.06. The minimum Gasteiger partial charge on any atom is -0.396 e. The van der Waals surface area contributed by atoms with Crippen LogP contribution in [0.3, 0.4) is 0 Å². The molecule has 0 aliphatic rings. The van der Waals surface area contributed by atoms with E-state index in [1.165, 1.54) is 0 Å². The summed E-state index contributed by atoms with van der Waals surface area (Å²) in [4.78, 5) is 11.9. The van der Waals surface area contributed by atoms with Crippen molar-refractivity contribution in [1.82, 2.24) is 15.5 Å². The lowest BCUT2D eigenvalue weighted by molar-refractivity contribution is 0.0915. The molecule has 5 nitrogen and oxygen atoms in total. The third-order valence-electron chi connectivity index (χ3n) is 2.86. The number of hydrogen-bond donors (Lipinski definition) is 3. The average molecular weight is 225 g/mol. The zero-order valence-corrected chi connectivity index (χ0v) is 10.2. The van der Waals surface area contributed by atoms with Crippen molar-refractivity contribution in [1.29, 1.82) is 0 Å². The molecule has 1 heterocycles. The van der Waals surface area contributed by atoms with E-state index >= 15 is 0 Å². The summed E-state index contributed by atoms with van der Waals surface area (Å²) >= 11 is 0. The Morgan fingerprint density at radius 3 is 2.56 bits per heavy atom. The molecule has 0 fully saturated rings. The predicted molar refractivity (Wildman–Crippen MR) is 61.2 cm³/mol. The van der Waals surface area contributed by atoms with Crippen LogP contribution in [0.25, 0.3) is 0 Å². The molecule has 1 rings (SSSR count). The molecule has 0 aliphatic carbocycles. The number of aromatic amines is 1. The molecule has 1 aromatic heterocycles. The first-order valence-corrected chi connectivity index (χ1v) is 5.40. The van der Waals surface area contributed by atoms with Gasteiger partial charge in [0.05, 0.1) is 11.3 Å². The normalized spacial score (nSPS) is 14.6. The van der Waals surface area contributed by atoms with E-state index in [9.17, 15) is 4.79 Å². The predicted octanol–water partition coefficient (Wildman–Crippen LogP) is 0.773. The lowest BCUT2D eigenvalue weighted by Gasteiger charge is -2.19. The fourth-order valence-electron chi connectivity index (χ4n) is 1.46. The Morgan fingerprint density at radius 1 is 1.50 bits per heavy atom. The summed E-state index contributed by atoms with van der Waals surface area (Å²) in [5.74, 6) is -0.104. The Bertz CT molecular complexity index is 354. The first kappa shape index (κ1) is 12.7. The molecule has 3 N–H and O–H groups in total. The molecule has 1 aromatic rings. The van der Waals surface area contributed by atoms with Gasteiger partial charge in [-0.15, -0.1) is 0 Å². The Labute approximate surface area is 95.3 Å². The van der Waals surface area contributed by atoms with Gasteiger partial charge in [-0.05, 0) is 26.7 Å². The van der Waals surface area contributed by atoms with Crippen molar-refractivity contribution in [3.05, 3.63) is 17.0 Å². The number of amides is 1. The topological polar surface area (TPSA) is 78.0 Å². The van der Waals surface area contributed by atoms with Crippen LogP contribution in [0.2, 0.25) is 0 Å². The number of rotatable bonds is 4. The molecule has 5 heteroatoms. The quantitative estimate of drug-likeness (QED) is 0.708. The van der Waals surface area contributed by atoms with Crippen molar-refractivity contribution in [2.24, 2.45) is 5.92 Å². The Morgan fingerprint density at radius 2 is 2.12 bits per heavy atom. The molecule has 1 amide bonds. The van der Waals surface area contributed by atoms with Gasteiger partial charge in [-0.1, -0.05) is 6.92 Å². The third-order valence-corrected chi connectivity index (χ3v) is 2.86. The van der Waals surface area contributed by atoms with Crippen molar-refractivity contribution in [3.63, 3.8) is 0 Å². The van der Waals surface area contributed by atoms with E-state index in [0.717, 1.165) is 5.69 Å². The fraction of sp³-hybridized carbons (Fsp3) is 0.636. The SMILES string of the molecule is Cc1n[nH]c(C)c1C(=O)NC(C)C(C)CO. The number of aromatic nitrogens is 2. The molecular formula is C11H19N3O2. The van der Waals surface area contributed by atoms with E-state index in [-0.39, 0.29) is 24.5 Å². The molecule has 2 atom stereocenters. The average Bonchev–Trinajstić information content (AvgIpc) is 2.57. The summed E-state index contributed by atoms with van der Waals surface area (Å²) < 4.78 is 0. The van der Waals surface area contributed by atoms with Gasteiger partial charge in [0.25, 0.3) is 5.91 Å². The highest BCUT2D eigenvalue weighted by molar-refractivity contribution is 5.96. The monoisotopic (exact) mass is 225 g/mol. The summed E-state index contributed by atoms with van der Waals surface area (Å²) in [6.45, 7) is 7.43. The molecule has 0 saturated heterocycles. The molecule has 90 valence electrons. The highest BCUT2D eigenvalue weighted by Gasteiger charge is 2.19. The van der Waals surface area contributed by atoms with Gasteiger partial charge in [-0.3, -0.25) is 9.89 Å². The number of carbonyl (C=O) groups excluding carboxylic acids is 1. The van der Waals surface area contributed by atoms with Crippen LogP contribution < -0.4 is 5.32 Å². The fourth-order valence-corrected chi connectivity index (χ4v) is 1.46. The van der Waals surface area contributed by atoms with Crippen LogP contribution >= 0.6 is 0 Å². The van der Waals surface area contributed by atoms with E-state index in [1.807, 2.05) is 20.8 Å². The van der Waals surface area contributed by atoms with Crippen LogP contribution in [0, 0.1) is 19.8 Å². The van der Waals surface area contributed by atoms with E-state index in [4.69, 9.17) is 5.11 Å². The highest BCUT2D eigenvalue weighted by atomic mass is 16.3. The summed E-state index contributed by atoms with van der Waals surface area (Å²) in [6, 6.07) is -0.0637. The first-order valence-electron chi connectivity index (χ1n) is 5.40. The van der Waals surface area contributed by atoms with Crippen LogP contribution in [0.1, 0.15) is 35.6 Å². The maximum Gasteiger partial charge on any atom is 0.255 e. The largest absolute Gasteiger partial charge is 0.396 e. The molecule has 16 heavy (non-hydrogen) atoms. The Hall–Kier alpha value is -1.36. The van der Waals surface area contributed by atoms with Crippen molar-refractivity contribution < 1.29 is 9.90 Å². The maximum atomic E-state index is 11.9. The van der Waals surface area contributed by atoms with E-state index in [1.54, 1.807) is 6.92 Å². The molecular weight excluding hydrogens is 206 g/mol. The van der Waals surface area contributed by atoms with Gasteiger partial charge in [-0.25, -0.2) is 0 Å². The lowest BCUT2D eigenvalue weighted by Crippen LogP contribution is -2.38. The number of H-pyrrole nitrogens is 1. The van der Waals surface area contributed by atoms with Gasteiger partial charge in [-0.2, -0.15) is 5.10 Å². The molecule has 0 bridgehead atoms. The zero-order valence-electron chi connectivity index (χ0n) is 10.2. The smallest absolute Gasteiger partial charge is 0.255 e. The molecule has 2 unspecified atom stereocenters. The maximum absolute atomic E-state index is 11.9. The third kappa shape index (κ3) is 2.61. The second-order valence-corrected chi connectivity index (χ2v) is 4.23. The lowest BCUT2D eigenvalue weighted by atomic mass is 10.0. The molecule has 0 aliphatic heterocycles. The van der Waals surface area contributed by atoms with Gasteiger partial charge in [0.1, 0.15) is 0 Å². The van der Waals surface area contributed by atoms with Crippen LogP contribution in [0.5, 0.6) is 0 Å². The van der Waals surface area contributed by atoms with E-state index in [0.29, 0.717) is 11.3 Å². The van der Waals surface area contributed by atoms with Crippen molar-refractivity contribution in [2.75, 3.05) is 6.61 Å². The van der Waals surface area contributed by atoms with Gasteiger partial charge in [0, 0.05) is 18.3 Å². The second-order valence-electron chi connectivity index (χ2n) is 4.23. The number of aryl methyl sites for hydroxylation is 2. The molecule has 0 radical (unpaired) electrons. The van der Waals surface area contributed by atoms with Crippen LogP contribution in [0.15, 0.2) is 0 Å². The number of aliphatic hydroxyl groups excluding tert-OH is 1. The van der Waals surface area contributed by atoms with Gasteiger partial charge in [0.2, 0.25) is 0 Å². The van der Waals surface area contributed by atoms with Crippen LogP contribution in [-0.2, 0) is 0 Å². The van der Waals surface area contributed by atoms with Gasteiger partial charge >= 0.3 is 0 Å². The Balaban J connectivity index is 2.73. The summed E-state index contributed by atoms with van der Waals surface area (Å²) in [5, 5.41) is 18.6. The van der Waals surface area contributed by atoms with Crippen molar-refractivity contribution in [2.45, 2.75) is 33.7 Å². The van der Waals surface area contributed by atoms with Crippen LogP contribution in [0.4, 0.5) is 0 Å². The number of hydrogen-bond acceptors (Lipinski definition) is 3. The van der Waals surface area contributed by atoms with Crippen molar-refractivity contribution in [3.8, 4) is 0 Å². The molecule has 0 spiro atoms. The molecule has 0 saturated carbocycles. The standard InChI is InChI=1S/C11H19N3O2/c1-6(5-15)7(2)12-11(16)10-8(3)13-14-9(10)4/h6-7,15H,5H2,1-4H3,(H,12,16)(H,13,14). The summed E-state index contributed by atoms with van der Waals surface area (Å²) in [5.41, 5.74) is 2.05. The van der Waals surface area contributed by atoms with E-state index < -0.39 is 0 Å². The summed E-state index contributed by atoms with van der Waals surface area (Å²) in [6.07, 6.45) is 0. The molecule has 0 aromatic carbocycles. The summed E-state index contributed by atoms with van der Waals surface area (Å²) in [7, 11) is 0. The number of aliphatic hydroxyl groups is 1. The highest BCUT2D eigenvalue weighted by Crippen LogP contribution is 2.10. The minimum atomic E-state index is -0.142. The van der Waals surface area contributed by atoms with Crippen molar-refractivity contribution >= 4 is 5.91 Å². The number of nitrogens with one attached hydrogen (secondary N) is 2. The minimum absolute atomic E-state index is 0.0384. The number of carbonyl (C=O) groups is 1. The van der Waals surface area contributed by atoms with E-state index in [2.05, 4.69) is 15.5 Å². The number of nitrogens with zero attached hydrogens (tertiary/aromatic N) is 1. The van der Waals surface area contributed by atoms with Gasteiger partial charge in [0.15, 0.2) is 0 Å². The van der Waals surface area contributed by atoms with Crippen LogP contribution in [-0.4, -0.2) is 33.9 Å². The first-order chi connectivity index (χ1) is 7.47. The van der Waals surface area contributed by atoms with Gasteiger partial charge < -0.3 is 10.4 Å².